The van der Waals surface area contributed by atoms with Gasteiger partial charge < -0.3 is 25.0 Å². The second-order valence-corrected chi connectivity index (χ2v) is 8.08. The molecule has 0 aliphatic heterocycles. The first-order valence-electron chi connectivity index (χ1n) is 11.2. The van der Waals surface area contributed by atoms with E-state index in [2.05, 4.69) is 21.5 Å². The standard InChI is InChI=1S/C27H28ClN5O3/c1-4-14-33(19(2)34)15-16-35-25-10-7-9-23(30-3)26(25)27(29)32-20-11-12-24(22(28)17-20)36-18-21-8-5-6-13-31-21/h1,5-13,17,30H,14-16,18H2,2-3H3,(H2,29,32). The lowest BCUT2D eigenvalue weighted by atomic mass is 10.1. The van der Waals surface area contributed by atoms with Crippen molar-refractivity contribution in [3.63, 3.8) is 0 Å². The Balaban J connectivity index is 1.70. The number of carbonyl (C=O) groups is 1. The second kappa shape index (κ2) is 13.0. The van der Waals surface area contributed by atoms with Crippen molar-refractivity contribution in [3.05, 3.63) is 77.1 Å². The summed E-state index contributed by atoms with van der Waals surface area (Å²) in [5.41, 5.74) is 2.65. The molecule has 1 heterocycles. The fourth-order valence-corrected chi connectivity index (χ4v) is 3.61. The summed E-state index contributed by atoms with van der Waals surface area (Å²) in [6.07, 6.45) is 7.04. The van der Waals surface area contributed by atoms with Crippen LogP contribution in [0.25, 0.3) is 0 Å². The SMILES string of the molecule is C#CCN(CCOc1cccc(NC)c1C(=N)Nc1ccc(OCc2ccccn2)c(Cl)c1)C(C)=O. The smallest absolute Gasteiger partial charge is 0.220 e. The first-order chi connectivity index (χ1) is 17.4. The molecule has 0 spiro atoms. The zero-order chi connectivity index (χ0) is 25.9. The maximum absolute atomic E-state index is 11.7. The molecular formula is C27H28ClN5O3. The van der Waals surface area contributed by atoms with Crippen molar-refractivity contribution in [1.29, 1.82) is 5.41 Å². The van der Waals surface area contributed by atoms with Crippen LogP contribution in [0.1, 0.15) is 18.2 Å². The number of ether oxygens (including phenoxy) is 2. The number of carbonyl (C=O) groups excluding carboxylic acids is 1. The molecule has 186 valence electrons. The largest absolute Gasteiger partial charge is 0.491 e. The third-order valence-corrected chi connectivity index (χ3v) is 5.49. The third kappa shape index (κ3) is 7.14. The summed E-state index contributed by atoms with van der Waals surface area (Å²) in [5.74, 6) is 3.46. The van der Waals surface area contributed by atoms with Gasteiger partial charge in [0, 0.05) is 31.5 Å². The quantitative estimate of drug-likeness (QED) is 0.199. The molecule has 8 nitrogen and oxygen atoms in total. The van der Waals surface area contributed by atoms with Crippen molar-refractivity contribution in [1.82, 2.24) is 9.88 Å². The highest BCUT2D eigenvalue weighted by Gasteiger charge is 2.16. The number of halogens is 1. The van der Waals surface area contributed by atoms with Crippen molar-refractivity contribution in [2.24, 2.45) is 0 Å². The predicted molar refractivity (Wildman–Crippen MR) is 143 cm³/mol. The van der Waals surface area contributed by atoms with Crippen LogP contribution in [0.5, 0.6) is 11.5 Å². The van der Waals surface area contributed by atoms with Crippen LogP contribution in [-0.4, -0.2) is 48.4 Å². The van der Waals surface area contributed by atoms with Crippen molar-refractivity contribution in [2.45, 2.75) is 13.5 Å². The van der Waals surface area contributed by atoms with Crippen LogP contribution in [0.2, 0.25) is 5.02 Å². The lowest BCUT2D eigenvalue weighted by molar-refractivity contribution is -0.128. The van der Waals surface area contributed by atoms with E-state index in [0.29, 0.717) is 46.6 Å². The highest BCUT2D eigenvalue weighted by Crippen LogP contribution is 2.31. The zero-order valence-electron chi connectivity index (χ0n) is 20.2. The Morgan fingerprint density at radius 2 is 2.00 bits per heavy atom. The molecule has 0 saturated heterocycles. The van der Waals surface area contributed by atoms with Crippen molar-refractivity contribution < 1.29 is 14.3 Å². The van der Waals surface area contributed by atoms with Crippen LogP contribution in [0.3, 0.4) is 0 Å². The van der Waals surface area contributed by atoms with E-state index in [1.54, 1.807) is 37.5 Å². The summed E-state index contributed by atoms with van der Waals surface area (Å²) in [4.78, 5) is 17.5. The molecule has 0 bridgehead atoms. The number of amides is 1. The van der Waals surface area contributed by atoms with Crippen LogP contribution in [-0.2, 0) is 11.4 Å². The van der Waals surface area contributed by atoms with E-state index in [-0.39, 0.29) is 24.9 Å². The van der Waals surface area contributed by atoms with Gasteiger partial charge in [-0.05, 0) is 42.5 Å². The Kier molecular flexibility index (Phi) is 9.55. The van der Waals surface area contributed by atoms with Crippen molar-refractivity contribution >= 4 is 34.7 Å². The number of hydrogen-bond acceptors (Lipinski definition) is 6. The highest BCUT2D eigenvalue weighted by molar-refractivity contribution is 6.32. The molecule has 0 fully saturated rings. The maximum atomic E-state index is 11.7. The van der Waals surface area contributed by atoms with E-state index < -0.39 is 0 Å². The first-order valence-corrected chi connectivity index (χ1v) is 11.6. The van der Waals surface area contributed by atoms with E-state index in [0.717, 1.165) is 5.69 Å². The molecule has 3 N–H and O–H groups in total. The van der Waals surface area contributed by atoms with Gasteiger partial charge in [0.25, 0.3) is 0 Å². The zero-order valence-corrected chi connectivity index (χ0v) is 20.9. The molecule has 36 heavy (non-hydrogen) atoms. The maximum Gasteiger partial charge on any atom is 0.220 e. The average molecular weight is 506 g/mol. The number of terminal acetylenes is 1. The van der Waals surface area contributed by atoms with Crippen LogP contribution in [0.15, 0.2) is 60.8 Å². The minimum absolute atomic E-state index is 0.111. The Morgan fingerprint density at radius 1 is 1.17 bits per heavy atom. The van der Waals surface area contributed by atoms with Gasteiger partial charge >= 0.3 is 0 Å². The molecule has 0 radical (unpaired) electrons. The fraction of sp³-hybridized carbons (Fsp3) is 0.222. The number of aromatic nitrogens is 1. The van der Waals surface area contributed by atoms with E-state index in [4.69, 9.17) is 32.9 Å². The minimum atomic E-state index is -0.125. The van der Waals surface area contributed by atoms with Gasteiger partial charge in [0.05, 0.1) is 29.4 Å². The molecule has 0 aliphatic carbocycles. The number of nitrogens with zero attached hydrogens (tertiary/aromatic N) is 2. The van der Waals surface area contributed by atoms with E-state index >= 15 is 0 Å². The highest BCUT2D eigenvalue weighted by atomic mass is 35.5. The fourth-order valence-electron chi connectivity index (χ4n) is 3.38. The van der Waals surface area contributed by atoms with Gasteiger partial charge in [0.15, 0.2) is 0 Å². The van der Waals surface area contributed by atoms with Gasteiger partial charge in [-0.3, -0.25) is 15.2 Å². The van der Waals surface area contributed by atoms with Gasteiger partial charge in [0.1, 0.15) is 30.5 Å². The van der Waals surface area contributed by atoms with Gasteiger partial charge in [-0.2, -0.15) is 0 Å². The van der Waals surface area contributed by atoms with Crippen LogP contribution in [0.4, 0.5) is 11.4 Å². The molecule has 3 aromatic rings. The number of anilines is 2. The van der Waals surface area contributed by atoms with Gasteiger partial charge in [-0.15, -0.1) is 6.42 Å². The van der Waals surface area contributed by atoms with Gasteiger partial charge in [-0.25, -0.2) is 0 Å². The topological polar surface area (TPSA) is 99.6 Å². The van der Waals surface area contributed by atoms with Crippen LogP contribution < -0.4 is 20.1 Å². The number of hydrogen-bond donors (Lipinski definition) is 3. The summed E-state index contributed by atoms with van der Waals surface area (Å²) in [7, 11) is 1.77. The van der Waals surface area contributed by atoms with Gasteiger partial charge in [-0.1, -0.05) is 29.7 Å². The molecule has 9 heteroatoms. The van der Waals surface area contributed by atoms with E-state index in [1.165, 1.54) is 11.8 Å². The molecule has 3 rings (SSSR count). The normalized spacial score (nSPS) is 10.2. The second-order valence-electron chi connectivity index (χ2n) is 7.68. The molecule has 0 unspecified atom stereocenters. The lowest BCUT2D eigenvalue weighted by Crippen LogP contribution is -2.33. The minimum Gasteiger partial charge on any atom is -0.491 e. The van der Waals surface area contributed by atoms with Crippen molar-refractivity contribution in [2.75, 3.05) is 37.4 Å². The summed E-state index contributed by atoms with van der Waals surface area (Å²) >= 11 is 6.43. The van der Waals surface area contributed by atoms with E-state index in [9.17, 15) is 4.79 Å². The Morgan fingerprint density at radius 3 is 2.67 bits per heavy atom. The molecule has 0 atom stereocenters. The van der Waals surface area contributed by atoms with Crippen LogP contribution in [0, 0.1) is 17.8 Å². The van der Waals surface area contributed by atoms with Crippen molar-refractivity contribution in [3.8, 4) is 23.8 Å². The first kappa shape index (κ1) is 26.4. The molecule has 0 saturated carbocycles. The Hall–Kier alpha value is -4.22. The third-order valence-electron chi connectivity index (χ3n) is 5.19. The predicted octanol–water partition coefficient (Wildman–Crippen LogP) is 4.65. The summed E-state index contributed by atoms with van der Waals surface area (Å²) < 4.78 is 11.7. The lowest BCUT2D eigenvalue weighted by Gasteiger charge is -2.21. The molecule has 0 aliphatic rings. The Bertz CT molecular complexity index is 1240. The summed E-state index contributed by atoms with van der Waals surface area (Å²) in [6.45, 7) is 2.52. The van der Waals surface area contributed by atoms with Gasteiger partial charge in [0.2, 0.25) is 5.91 Å². The Labute approximate surface area is 216 Å². The molecule has 1 amide bonds. The monoisotopic (exact) mass is 505 g/mol. The van der Waals surface area contributed by atoms with E-state index in [1.807, 2.05) is 30.3 Å². The summed E-state index contributed by atoms with van der Waals surface area (Å²) in [6, 6.07) is 16.3. The molecular weight excluding hydrogens is 478 g/mol. The number of benzene rings is 2. The van der Waals surface area contributed by atoms with Crippen LogP contribution >= 0.6 is 11.6 Å². The molecule has 2 aromatic carbocycles. The summed E-state index contributed by atoms with van der Waals surface area (Å²) in [5, 5.41) is 15.3. The number of nitrogens with one attached hydrogen (secondary N) is 3. The number of pyridine rings is 1. The molecule has 1 aromatic heterocycles. The number of rotatable bonds is 11. The number of amidine groups is 1. The average Bonchev–Trinajstić information content (AvgIpc) is 2.88.